The first-order valence-electron chi connectivity index (χ1n) is 5.77. The first-order valence-corrected chi connectivity index (χ1v) is 6.94. The van der Waals surface area contributed by atoms with E-state index in [2.05, 4.69) is 4.98 Å². The van der Waals surface area contributed by atoms with E-state index in [1.165, 1.54) is 4.57 Å². The van der Waals surface area contributed by atoms with Gasteiger partial charge < -0.3 is 4.98 Å². The number of rotatable bonds is 1. The van der Waals surface area contributed by atoms with Crippen LogP contribution in [0, 0.1) is 4.77 Å². The highest BCUT2D eigenvalue weighted by Crippen LogP contribution is 2.20. The Morgan fingerprint density at radius 3 is 2.60 bits per heavy atom. The molecule has 0 aliphatic heterocycles. The summed E-state index contributed by atoms with van der Waals surface area (Å²) in [6, 6.07) is 12.1. The molecule has 0 aliphatic rings. The van der Waals surface area contributed by atoms with Crippen LogP contribution in [0.5, 0.6) is 0 Å². The SMILES string of the molecule is O=c1c2ccc(Cl)cc2[nH]c(=S)n1-c1ccccc1Cl. The molecule has 6 heteroatoms. The quantitative estimate of drug-likeness (QED) is 0.676. The standard InChI is InChI=1S/C14H8Cl2N2OS/c15-8-5-6-9-11(7-8)17-14(20)18(13(9)19)12-4-2-1-3-10(12)16/h1-7H,(H,17,20). The van der Waals surface area contributed by atoms with Crippen LogP contribution in [-0.2, 0) is 0 Å². The number of hydrogen-bond acceptors (Lipinski definition) is 2. The maximum atomic E-state index is 12.6. The molecule has 0 fully saturated rings. The lowest BCUT2D eigenvalue weighted by Crippen LogP contribution is -2.20. The van der Waals surface area contributed by atoms with Crippen molar-refractivity contribution < 1.29 is 0 Å². The van der Waals surface area contributed by atoms with Gasteiger partial charge in [0, 0.05) is 5.02 Å². The molecule has 0 unspecified atom stereocenters. The third kappa shape index (κ3) is 2.16. The average molecular weight is 323 g/mol. The Balaban J connectivity index is 2.44. The van der Waals surface area contributed by atoms with Crippen molar-refractivity contribution in [2.75, 3.05) is 0 Å². The summed E-state index contributed by atoms with van der Waals surface area (Å²) in [6.45, 7) is 0. The molecule has 0 saturated heterocycles. The second-order valence-electron chi connectivity index (χ2n) is 4.21. The Morgan fingerprint density at radius 2 is 1.85 bits per heavy atom. The predicted molar refractivity (Wildman–Crippen MR) is 84.7 cm³/mol. The number of nitrogens with one attached hydrogen (secondary N) is 1. The van der Waals surface area contributed by atoms with Gasteiger partial charge in [-0.1, -0.05) is 35.3 Å². The Bertz CT molecular complexity index is 930. The zero-order chi connectivity index (χ0) is 14.3. The van der Waals surface area contributed by atoms with Crippen molar-refractivity contribution in [3.63, 3.8) is 0 Å². The summed E-state index contributed by atoms with van der Waals surface area (Å²) in [4.78, 5) is 15.6. The molecule has 0 spiro atoms. The first kappa shape index (κ1) is 13.4. The highest BCUT2D eigenvalue weighted by Gasteiger charge is 2.10. The molecule has 0 amide bonds. The van der Waals surface area contributed by atoms with Crippen molar-refractivity contribution in [1.82, 2.24) is 9.55 Å². The first-order chi connectivity index (χ1) is 9.58. The monoisotopic (exact) mass is 322 g/mol. The number of H-pyrrole nitrogens is 1. The molecule has 1 aromatic heterocycles. The van der Waals surface area contributed by atoms with E-state index in [-0.39, 0.29) is 10.3 Å². The van der Waals surface area contributed by atoms with Gasteiger partial charge in [0.05, 0.1) is 21.6 Å². The van der Waals surface area contributed by atoms with Gasteiger partial charge in [0.15, 0.2) is 4.77 Å². The number of hydrogen-bond donors (Lipinski definition) is 1. The van der Waals surface area contributed by atoms with Gasteiger partial charge >= 0.3 is 0 Å². The Morgan fingerprint density at radius 1 is 1.10 bits per heavy atom. The third-order valence-corrected chi connectivity index (χ3v) is 3.79. The number of halogens is 2. The van der Waals surface area contributed by atoms with Crippen LogP contribution in [0.15, 0.2) is 47.3 Å². The zero-order valence-corrected chi connectivity index (χ0v) is 12.4. The Labute approximate surface area is 129 Å². The molecular weight excluding hydrogens is 315 g/mol. The average Bonchev–Trinajstić information content (AvgIpc) is 2.40. The lowest BCUT2D eigenvalue weighted by atomic mass is 10.2. The molecule has 100 valence electrons. The summed E-state index contributed by atoms with van der Waals surface area (Å²) in [5.41, 5.74) is 0.932. The summed E-state index contributed by atoms with van der Waals surface area (Å²) >= 11 is 17.3. The number of fused-ring (bicyclic) bond motifs is 1. The maximum Gasteiger partial charge on any atom is 0.266 e. The van der Waals surface area contributed by atoms with Crippen molar-refractivity contribution in [1.29, 1.82) is 0 Å². The van der Waals surface area contributed by atoms with E-state index in [0.29, 0.717) is 26.6 Å². The molecule has 3 aromatic rings. The highest BCUT2D eigenvalue weighted by atomic mass is 35.5. The van der Waals surface area contributed by atoms with Crippen LogP contribution in [0.4, 0.5) is 0 Å². The second kappa shape index (κ2) is 5.05. The van der Waals surface area contributed by atoms with Crippen LogP contribution >= 0.6 is 35.4 Å². The normalized spacial score (nSPS) is 10.9. The second-order valence-corrected chi connectivity index (χ2v) is 5.44. The van der Waals surface area contributed by atoms with E-state index in [1.807, 2.05) is 0 Å². The number of nitrogens with zero attached hydrogens (tertiary/aromatic N) is 1. The molecule has 0 saturated carbocycles. The van der Waals surface area contributed by atoms with Crippen molar-refractivity contribution >= 4 is 46.3 Å². The lowest BCUT2D eigenvalue weighted by Gasteiger charge is -2.09. The third-order valence-electron chi connectivity index (χ3n) is 2.95. The van der Waals surface area contributed by atoms with Gasteiger partial charge in [-0.05, 0) is 42.5 Å². The van der Waals surface area contributed by atoms with E-state index in [0.717, 1.165) is 0 Å². The fourth-order valence-electron chi connectivity index (χ4n) is 2.04. The zero-order valence-electron chi connectivity index (χ0n) is 10.1. The summed E-state index contributed by atoms with van der Waals surface area (Å²) in [7, 11) is 0. The summed E-state index contributed by atoms with van der Waals surface area (Å²) < 4.78 is 1.66. The smallest absolute Gasteiger partial charge is 0.266 e. The van der Waals surface area contributed by atoms with Crippen LogP contribution in [0.25, 0.3) is 16.6 Å². The van der Waals surface area contributed by atoms with Crippen LogP contribution < -0.4 is 5.56 Å². The maximum absolute atomic E-state index is 12.6. The molecule has 3 nitrogen and oxygen atoms in total. The molecule has 0 radical (unpaired) electrons. The van der Waals surface area contributed by atoms with Crippen LogP contribution in [-0.4, -0.2) is 9.55 Å². The minimum absolute atomic E-state index is 0.228. The van der Waals surface area contributed by atoms with Gasteiger partial charge in [-0.25, -0.2) is 0 Å². The van der Waals surface area contributed by atoms with Crippen LogP contribution in [0.2, 0.25) is 10.0 Å². The minimum Gasteiger partial charge on any atom is -0.331 e. The molecule has 2 aromatic carbocycles. The minimum atomic E-state index is -0.228. The van der Waals surface area contributed by atoms with Crippen molar-refractivity contribution in [2.45, 2.75) is 0 Å². The van der Waals surface area contributed by atoms with Crippen molar-refractivity contribution in [3.05, 3.63) is 67.6 Å². The van der Waals surface area contributed by atoms with E-state index in [1.54, 1.807) is 42.5 Å². The summed E-state index contributed by atoms with van der Waals surface area (Å²) in [5.74, 6) is 0. The van der Waals surface area contributed by atoms with E-state index in [4.69, 9.17) is 35.4 Å². The van der Waals surface area contributed by atoms with Gasteiger partial charge in [-0.15, -0.1) is 0 Å². The molecule has 0 bridgehead atoms. The van der Waals surface area contributed by atoms with E-state index < -0.39 is 0 Å². The van der Waals surface area contributed by atoms with E-state index in [9.17, 15) is 4.79 Å². The fraction of sp³-hybridized carbons (Fsp3) is 0. The number of para-hydroxylation sites is 1. The topological polar surface area (TPSA) is 37.8 Å². The van der Waals surface area contributed by atoms with Gasteiger partial charge in [-0.3, -0.25) is 9.36 Å². The molecule has 0 atom stereocenters. The number of benzene rings is 2. The number of aromatic amines is 1. The van der Waals surface area contributed by atoms with Crippen molar-refractivity contribution in [2.24, 2.45) is 0 Å². The molecule has 3 rings (SSSR count). The molecule has 1 heterocycles. The van der Waals surface area contributed by atoms with E-state index >= 15 is 0 Å². The van der Waals surface area contributed by atoms with Gasteiger partial charge in [-0.2, -0.15) is 0 Å². The van der Waals surface area contributed by atoms with Gasteiger partial charge in [0.25, 0.3) is 5.56 Å². The molecule has 0 aliphatic carbocycles. The lowest BCUT2D eigenvalue weighted by molar-refractivity contribution is 0.940. The molecular formula is C14H8Cl2N2OS. The largest absolute Gasteiger partial charge is 0.331 e. The van der Waals surface area contributed by atoms with Crippen molar-refractivity contribution in [3.8, 4) is 5.69 Å². The highest BCUT2D eigenvalue weighted by molar-refractivity contribution is 7.71. The predicted octanol–water partition coefficient (Wildman–Crippen LogP) is 4.36. The van der Waals surface area contributed by atoms with Crippen LogP contribution in [0.3, 0.4) is 0 Å². The molecule has 20 heavy (non-hydrogen) atoms. The fourth-order valence-corrected chi connectivity index (χ4v) is 2.73. The summed E-state index contributed by atoms with van der Waals surface area (Å²) in [5, 5.41) is 1.50. The van der Waals surface area contributed by atoms with Crippen LogP contribution in [0.1, 0.15) is 0 Å². The Hall–Kier alpha value is -1.62. The van der Waals surface area contributed by atoms with Gasteiger partial charge in [0.2, 0.25) is 0 Å². The van der Waals surface area contributed by atoms with Gasteiger partial charge in [0.1, 0.15) is 0 Å². The molecule has 1 N–H and O–H groups in total. The summed E-state index contributed by atoms with van der Waals surface area (Å²) in [6.07, 6.45) is 0. The number of aromatic nitrogens is 2. The Kier molecular flexibility index (Phi) is 3.38.